The first-order chi connectivity index (χ1) is 18.3. The number of allylic oxidation sites excluding steroid dienone is 4. The molecule has 0 aliphatic heterocycles. The summed E-state index contributed by atoms with van der Waals surface area (Å²) >= 11 is 0. The molecule has 9 nitrogen and oxygen atoms in total. The van der Waals surface area contributed by atoms with Gasteiger partial charge < -0.3 is 5.11 Å². The van der Waals surface area contributed by atoms with E-state index in [2.05, 4.69) is 0 Å². The van der Waals surface area contributed by atoms with Crippen molar-refractivity contribution in [3.05, 3.63) is 83.0 Å². The third-order valence-electron chi connectivity index (χ3n) is 6.49. The molecule has 3 atom stereocenters. The first kappa shape index (κ1) is 30.6. The van der Waals surface area contributed by atoms with Crippen LogP contribution < -0.4 is 0 Å². The van der Waals surface area contributed by atoms with Gasteiger partial charge in [0.1, 0.15) is 0 Å². The van der Waals surface area contributed by atoms with Gasteiger partial charge in [-0.2, -0.15) is 16.8 Å². The van der Waals surface area contributed by atoms with Crippen molar-refractivity contribution in [3.8, 4) is 0 Å². The zero-order chi connectivity index (χ0) is 29.0. The lowest BCUT2D eigenvalue weighted by Gasteiger charge is -2.26. The Morgan fingerprint density at radius 3 is 1.72 bits per heavy atom. The van der Waals surface area contributed by atoms with E-state index in [0.717, 1.165) is 11.1 Å². The molecule has 1 unspecified atom stereocenters. The number of hydrogen-bond donors (Lipinski definition) is 1. The lowest BCUT2D eigenvalue weighted by molar-refractivity contribution is -0.132. The Kier molecular flexibility index (Phi) is 9.78. The summed E-state index contributed by atoms with van der Waals surface area (Å²) in [5.74, 6) is -4.06. The Morgan fingerprint density at radius 1 is 0.821 bits per heavy atom. The van der Waals surface area contributed by atoms with E-state index in [1.165, 1.54) is 30.3 Å². The number of ketones is 2. The molecule has 3 rings (SSSR count). The molecule has 0 bridgehead atoms. The summed E-state index contributed by atoms with van der Waals surface area (Å²) in [5, 5.41) is 11.0. The molecule has 0 fully saturated rings. The maximum Gasteiger partial charge on any atom is 0.297 e. The topological polar surface area (TPSA) is 141 Å². The molecule has 0 aromatic heterocycles. The minimum atomic E-state index is -4.32. The third kappa shape index (κ3) is 6.98. The second-order valence-electron chi connectivity index (χ2n) is 9.29. The van der Waals surface area contributed by atoms with Crippen LogP contribution in [0.25, 0.3) is 0 Å². The lowest BCUT2D eigenvalue weighted by Crippen LogP contribution is -2.41. The smallest absolute Gasteiger partial charge is 0.297 e. The van der Waals surface area contributed by atoms with Crippen LogP contribution in [0.15, 0.2) is 81.6 Å². The summed E-state index contributed by atoms with van der Waals surface area (Å²) in [7, 11) is -8.62. The first-order valence-corrected chi connectivity index (χ1v) is 15.2. The minimum Gasteiger partial charge on any atom is -0.390 e. The standard InChI is InChI=1S/C28H32O9S2/c1-5-7-23-22(6-2)27(30)26(28(23)31)24(16-36-38(32,33)20-12-8-18(3)9-13-20)25(29)17-37-39(34,35)21-14-10-19(4)11-15-21/h5,7-15,24-26,29H,6,16-17H2,1-4H3/b7-5-/t24-,25+,26?/m0/s1. The molecule has 0 amide bonds. The van der Waals surface area contributed by atoms with Crippen molar-refractivity contribution in [1.82, 2.24) is 0 Å². The molecule has 0 radical (unpaired) electrons. The first-order valence-electron chi connectivity index (χ1n) is 12.4. The van der Waals surface area contributed by atoms with E-state index in [1.54, 1.807) is 58.0 Å². The molecule has 1 aliphatic carbocycles. The van der Waals surface area contributed by atoms with Gasteiger partial charge in [-0.15, -0.1) is 0 Å². The lowest BCUT2D eigenvalue weighted by atomic mass is 9.83. The van der Waals surface area contributed by atoms with Crippen molar-refractivity contribution >= 4 is 31.8 Å². The number of rotatable bonds is 12. The Labute approximate surface area is 229 Å². The fourth-order valence-corrected chi connectivity index (χ4v) is 6.15. The van der Waals surface area contributed by atoms with Crippen LogP contribution >= 0.6 is 0 Å². The normalized spacial score (nSPS) is 18.2. The summed E-state index contributed by atoms with van der Waals surface area (Å²) in [6.07, 6.45) is 1.59. The van der Waals surface area contributed by atoms with Crippen LogP contribution in [0.1, 0.15) is 31.4 Å². The number of carbonyl (C=O) groups is 2. The van der Waals surface area contributed by atoms with E-state index in [-0.39, 0.29) is 27.4 Å². The Morgan fingerprint density at radius 2 is 1.28 bits per heavy atom. The van der Waals surface area contributed by atoms with Gasteiger partial charge in [0.2, 0.25) is 0 Å². The van der Waals surface area contributed by atoms with Crippen LogP contribution in [0.2, 0.25) is 0 Å². The number of hydrogen-bond acceptors (Lipinski definition) is 9. The number of carbonyl (C=O) groups excluding carboxylic acids is 2. The highest BCUT2D eigenvalue weighted by Gasteiger charge is 2.47. The van der Waals surface area contributed by atoms with Crippen molar-refractivity contribution in [2.45, 2.75) is 50.0 Å². The molecule has 0 spiro atoms. The van der Waals surface area contributed by atoms with Crippen molar-refractivity contribution in [2.24, 2.45) is 11.8 Å². The van der Waals surface area contributed by atoms with Crippen LogP contribution in [-0.2, 0) is 38.2 Å². The maximum absolute atomic E-state index is 13.3. The van der Waals surface area contributed by atoms with Gasteiger partial charge >= 0.3 is 0 Å². The monoisotopic (exact) mass is 576 g/mol. The minimum absolute atomic E-state index is 0.145. The Balaban J connectivity index is 1.90. The second kappa shape index (κ2) is 12.5. The van der Waals surface area contributed by atoms with Gasteiger partial charge in [-0.05, 0) is 51.5 Å². The quantitative estimate of drug-likeness (QED) is 0.297. The van der Waals surface area contributed by atoms with Crippen molar-refractivity contribution in [3.63, 3.8) is 0 Å². The van der Waals surface area contributed by atoms with Crippen molar-refractivity contribution in [1.29, 1.82) is 0 Å². The molecular formula is C28H32O9S2. The van der Waals surface area contributed by atoms with Crippen molar-refractivity contribution < 1.29 is 39.9 Å². The summed E-state index contributed by atoms with van der Waals surface area (Å²) in [6, 6.07) is 11.7. The molecule has 210 valence electrons. The number of aryl methyl sites for hydroxylation is 2. The highest BCUT2D eigenvalue weighted by atomic mass is 32.2. The molecule has 2 aromatic rings. The molecule has 1 aliphatic rings. The highest BCUT2D eigenvalue weighted by Crippen LogP contribution is 2.35. The third-order valence-corrected chi connectivity index (χ3v) is 9.08. The van der Waals surface area contributed by atoms with Gasteiger partial charge in [-0.3, -0.25) is 18.0 Å². The molecule has 11 heteroatoms. The molecule has 0 heterocycles. The van der Waals surface area contributed by atoms with E-state index in [4.69, 9.17) is 8.37 Å². The number of aliphatic hydroxyl groups excluding tert-OH is 1. The second-order valence-corrected chi connectivity index (χ2v) is 12.5. The fourth-order valence-electron chi connectivity index (χ4n) is 4.29. The molecule has 1 N–H and O–H groups in total. The SMILES string of the molecule is C/C=C\C1=C(CC)C(=O)C([C@@H](COS(=O)(=O)c2ccc(C)cc2)[C@H](O)COS(=O)(=O)c2ccc(C)cc2)C1=O. The predicted molar refractivity (Wildman–Crippen MR) is 144 cm³/mol. The van der Waals surface area contributed by atoms with Gasteiger partial charge in [0.05, 0.1) is 35.0 Å². The summed E-state index contributed by atoms with van der Waals surface area (Å²) in [5.41, 5.74) is 2.07. The van der Waals surface area contributed by atoms with Crippen molar-refractivity contribution in [2.75, 3.05) is 13.2 Å². The molecule has 2 aromatic carbocycles. The van der Waals surface area contributed by atoms with E-state index >= 15 is 0 Å². The van der Waals surface area contributed by atoms with Crippen LogP contribution in [0.3, 0.4) is 0 Å². The van der Waals surface area contributed by atoms with Crippen LogP contribution in [0.4, 0.5) is 0 Å². The Hall–Kier alpha value is -2.96. The zero-order valence-electron chi connectivity index (χ0n) is 22.2. The summed E-state index contributed by atoms with van der Waals surface area (Å²) in [6.45, 7) is 5.37. The average molecular weight is 577 g/mol. The van der Waals surface area contributed by atoms with Gasteiger partial charge in [0.25, 0.3) is 20.2 Å². The number of aliphatic hydroxyl groups is 1. The average Bonchev–Trinajstić information content (AvgIpc) is 3.12. The van der Waals surface area contributed by atoms with E-state index < -0.39 is 63.0 Å². The zero-order valence-corrected chi connectivity index (χ0v) is 23.8. The summed E-state index contributed by atoms with van der Waals surface area (Å²) < 4.78 is 61.3. The predicted octanol–water partition coefficient (Wildman–Crippen LogP) is 3.44. The van der Waals surface area contributed by atoms with Gasteiger partial charge in [-0.25, -0.2) is 0 Å². The maximum atomic E-state index is 13.3. The van der Waals surface area contributed by atoms with Crippen LogP contribution in [0.5, 0.6) is 0 Å². The molecular weight excluding hydrogens is 544 g/mol. The molecule has 0 saturated heterocycles. The molecule has 0 saturated carbocycles. The number of Topliss-reactive ketones (excluding diaryl/α,β-unsaturated/α-hetero) is 2. The van der Waals surface area contributed by atoms with E-state index in [9.17, 15) is 31.5 Å². The van der Waals surface area contributed by atoms with E-state index in [0.29, 0.717) is 0 Å². The largest absolute Gasteiger partial charge is 0.390 e. The Bertz CT molecular complexity index is 1490. The summed E-state index contributed by atoms with van der Waals surface area (Å²) in [4.78, 5) is 26.3. The van der Waals surface area contributed by atoms with Gasteiger partial charge in [0, 0.05) is 17.1 Å². The molecule has 39 heavy (non-hydrogen) atoms. The van der Waals surface area contributed by atoms with E-state index in [1.807, 2.05) is 0 Å². The van der Waals surface area contributed by atoms with Gasteiger partial charge in [-0.1, -0.05) is 54.5 Å². The van der Waals surface area contributed by atoms with Crippen LogP contribution in [-0.4, -0.2) is 52.8 Å². The highest BCUT2D eigenvalue weighted by molar-refractivity contribution is 7.87. The fraction of sp³-hybridized carbons (Fsp3) is 0.357. The number of benzene rings is 2. The van der Waals surface area contributed by atoms with Crippen LogP contribution in [0, 0.1) is 25.7 Å². The van der Waals surface area contributed by atoms with Gasteiger partial charge in [0.15, 0.2) is 11.6 Å².